The van der Waals surface area contributed by atoms with E-state index in [9.17, 15) is 0 Å². The van der Waals surface area contributed by atoms with Crippen molar-refractivity contribution in [2.75, 3.05) is 44.4 Å². The summed E-state index contributed by atoms with van der Waals surface area (Å²) in [4.78, 5) is 14.4. The number of aromatic nitrogens is 3. The first-order chi connectivity index (χ1) is 8.61. The number of unbranched alkanes of at least 4 members (excludes halogenated alkanes) is 1. The van der Waals surface area contributed by atoms with Gasteiger partial charge >= 0.3 is 0 Å². The Kier molecular flexibility index (Phi) is 6.67. The Hall–Kier alpha value is -1.14. The zero-order valence-electron chi connectivity index (χ0n) is 11.2. The summed E-state index contributed by atoms with van der Waals surface area (Å²) in [6, 6.07) is 0. The van der Waals surface area contributed by atoms with Crippen LogP contribution in [-0.2, 0) is 0 Å². The van der Waals surface area contributed by atoms with Crippen molar-refractivity contribution in [2.24, 2.45) is 0 Å². The standard InChI is InChI=1S/C11H21ClN6/c1-4-13-10-15-9(12)16-11(17-10)14-7-5-6-8-18(2)3/h4-8H2,1-3H3,(H2,13,14,15,16,17). The molecule has 0 aliphatic heterocycles. The van der Waals surface area contributed by atoms with E-state index < -0.39 is 0 Å². The predicted octanol–water partition coefficient (Wildman–Crippen LogP) is 1.71. The molecule has 0 fully saturated rings. The third-order valence-electron chi connectivity index (χ3n) is 2.26. The first-order valence-corrected chi connectivity index (χ1v) is 6.53. The summed E-state index contributed by atoms with van der Waals surface area (Å²) in [5.74, 6) is 1.03. The summed E-state index contributed by atoms with van der Waals surface area (Å²) in [6.07, 6.45) is 2.21. The molecule has 18 heavy (non-hydrogen) atoms. The fourth-order valence-corrected chi connectivity index (χ4v) is 1.58. The molecular formula is C11H21ClN6. The Morgan fingerprint density at radius 2 is 1.72 bits per heavy atom. The summed E-state index contributed by atoms with van der Waals surface area (Å²) >= 11 is 5.82. The lowest BCUT2D eigenvalue weighted by Gasteiger charge is -2.10. The average Bonchev–Trinajstić information content (AvgIpc) is 2.28. The first kappa shape index (κ1) is 14.9. The largest absolute Gasteiger partial charge is 0.354 e. The molecule has 0 unspecified atom stereocenters. The smallest absolute Gasteiger partial charge is 0.228 e. The van der Waals surface area contributed by atoms with Crippen LogP contribution in [0.5, 0.6) is 0 Å². The van der Waals surface area contributed by atoms with E-state index in [2.05, 4.69) is 44.6 Å². The molecule has 1 heterocycles. The number of anilines is 2. The van der Waals surface area contributed by atoms with Gasteiger partial charge in [-0.3, -0.25) is 0 Å². The van der Waals surface area contributed by atoms with Gasteiger partial charge in [-0.1, -0.05) is 0 Å². The molecule has 0 aromatic carbocycles. The van der Waals surface area contributed by atoms with E-state index >= 15 is 0 Å². The molecule has 1 aromatic rings. The van der Waals surface area contributed by atoms with Crippen LogP contribution in [0.2, 0.25) is 5.28 Å². The second-order valence-corrected chi connectivity index (χ2v) is 4.56. The van der Waals surface area contributed by atoms with Crippen molar-refractivity contribution in [1.82, 2.24) is 19.9 Å². The molecule has 0 radical (unpaired) electrons. The minimum Gasteiger partial charge on any atom is -0.354 e. The zero-order valence-corrected chi connectivity index (χ0v) is 12.0. The molecule has 0 saturated heterocycles. The Balaban J connectivity index is 2.37. The van der Waals surface area contributed by atoms with Gasteiger partial charge in [-0.05, 0) is 52.0 Å². The Morgan fingerprint density at radius 1 is 1.06 bits per heavy atom. The normalized spacial score (nSPS) is 10.7. The van der Waals surface area contributed by atoms with Gasteiger partial charge in [-0.2, -0.15) is 15.0 Å². The molecule has 0 aliphatic rings. The van der Waals surface area contributed by atoms with Crippen molar-refractivity contribution in [3.63, 3.8) is 0 Å². The van der Waals surface area contributed by atoms with Gasteiger partial charge in [0.25, 0.3) is 0 Å². The number of nitrogens with zero attached hydrogens (tertiary/aromatic N) is 4. The molecule has 0 saturated carbocycles. The SMILES string of the molecule is CCNc1nc(Cl)nc(NCCCCN(C)C)n1. The third kappa shape index (κ3) is 5.97. The summed E-state index contributed by atoms with van der Waals surface area (Å²) < 4.78 is 0. The van der Waals surface area contributed by atoms with Crippen LogP contribution in [0.15, 0.2) is 0 Å². The number of halogens is 1. The lowest BCUT2D eigenvalue weighted by molar-refractivity contribution is 0.396. The van der Waals surface area contributed by atoms with Crippen LogP contribution < -0.4 is 10.6 Å². The maximum atomic E-state index is 5.82. The van der Waals surface area contributed by atoms with Crippen LogP contribution >= 0.6 is 11.6 Å². The van der Waals surface area contributed by atoms with E-state index in [-0.39, 0.29) is 5.28 Å². The van der Waals surface area contributed by atoms with Gasteiger partial charge in [-0.25, -0.2) is 0 Å². The maximum Gasteiger partial charge on any atom is 0.228 e. The second kappa shape index (κ2) is 8.05. The molecule has 0 amide bonds. The minimum absolute atomic E-state index is 0.205. The number of hydrogen-bond donors (Lipinski definition) is 2. The summed E-state index contributed by atoms with van der Waals surface area (Å²) in [5, 5.41) is 6.37. The Bertz CT molecular complexity index is 357. The molecule has 0 aliphatic carbocycles. The lowest BCUT2D eigenvalue weighted by Crippen LogP contribution is -2.15. The van der Waals surface area contributed by atoms with Gasteiger partial charge in [0.1, 0.15) is 0 Å². The van der Waals surface area contributed by atoms with Gasteiger partial charge < -0.3 is 15.5 Å². The summed E-state index contributed by atoms with van der Waals surface area (Å²) in [6.45, 7) is 4.65. The van der Waals surface area contributed by atoms with E-state index in [0.29, 0.717) is 11.9 Å². The number of nitrogens with one attached hydrogen (secondary N) is 2. The molecule has 6 nitrogen and oxygen atoms in total. The molecule has 0 atom stereocenters. The second-order valence-electron chi connectivity index (χ2n) is 4.22. The minimum atomic E-state index is 0.205. The highest BCUT2D eigenvalue weighted by Crippen LogP contribution is 2.09. The van der Waals surface area contributed by atoms with Gasteiger partial charge in [-0.15, -0.1) is 0 Å². The quantitative estimate of drug-likeness (QED) is 0.703. The van der Waals surface area contributed by atoms with Crippen molar-refractivity contribution in [2.45, 2.75) is 19.8 Å². The van der Waals surface area contributed by atoms with E-state index in [1.165, 1.54) is 0 Å². The molecular weight excluding hydrogens is 252 g/mol. The van der Waals surface area contributed by atoms with Crippen molar-refractivity contribution in [1.29, 1.82) is 0 Å². The highest BCUT2D eigenvalue weighted by Gasteiger charge is 2.03. The predicted molar refractivity (Wildman–Crippen MR) is 75.3 cm³/mol. The molecule has 7 heteroatoms. The number of rotatable bonds is 8. The monoisotopic (exact) mass is 272 g/mol. The van der Waals surface area contributed by atoms with E-state index in [0.717, 1.165) is 32.5 Å². The first-order valence-electron chi connectivity index (χ1n) is 6.16. The lowest BCUT2D eigenvalue weighted by atomic mass is 10.3. The van der Waals surface area contributed by atoms with E-state index in [1.54, 1.807) is 0 Å². The van der Waals surface area contributed by atoms with Crippen molar-refractivity contribution in [3.8, 4) is 0 Å². The molecule has 1 rings (SSSR count). The fraction of sp³-hybridized carbons (Fsp3) is 0.727. The molecule has 102 valence electrons. The average molecular weight is 273 g/mol. The van der Waals surface area contributed by atoms with Gasteiger partial charge in [0.05, 0.1) is 0 Å². The van der Waals surface area contributed by atoms with Gasteiger partial charge in [0.2, 0.25) is 17.2 Å². The van der Waals surface area contributed by atoms with E-state index in [4.69, 9.17) is 11.6 Å². The van der Waals surface area contributed by atoms with E-state index in [1.807, 2.05) is 6.92 Å². The highest BCUT2D eigenvalue weighted by molar-refractivity contribution is 6.28. The van der Waals surface area contributed by atoms with Gasteiger partial charge in [0.15, 0.2) is 0 Å². The number of hydrogen-bond acceptors (Lipinski definition) is 6. The van der Waals surface area contributed by atoms with Crippen LogP contribution in [0.1, 0.15) is 19.8 Å². The maximum absolute atomic E-state index is 5.82. The van der Waals surface area contributed by atoms with Crippen LogP contribution in [0.3, 0.4) is 0 Å². The third-order valence-corrected chi connectivity index (χ3v) is 2.43. The van der Waals surface area contributed by atoms with Crippen LogP contribution in [-0.4, -0.2) is 53.6 Å². The molecule has 1 aromatic heterocycles. The molecule has 0 spiro atoms. The van der Waals surface area contributed by atoms with Crippen molar-refractivity contribution >= 4 is 23.5 Å². The van der Waals surface area contributed by atoms with Crippen LogP contribution in [0.4, 0.5) is 11.9 Å². The van der Waals surface area contributed by atoms with Crippen molar-refractivity contribution < 1.29 is 0 Å². The molecule has 0 bridgehead atoms. The molecule has 2 N–H and O–H groups in total. The summed E-state index contributed by atoms with van der Waals surface area (Å²) in [5.41, 5.74) is 0. The summed E-state index contributed by atoms with van der Waals surface area (Å²) in [7, 11) is 4.14. The van der Waals surface area contributed by atoms with Gasteiger partial charge in [0, 0.05) is 13.1 Å². The zero-order chi connectivity index (χ0) is 13.4. The highest BCUT2D eigenvalue weighted by atomic mass is 35.5. The van der Waals surface area contributed by atoms with Crippen LogP contribution in [0.25, 0.3) is 0 Å². The Morgan fingerprint density at radius 3 is 2.33 bits per heavy atom. The van der Waals surface area contributed by atoms with Crippen molar-refractivity contribution in [3.05, 3.63) is 5.28 Å². The topological polar surface area (TPSA) is 66.0 Å². The Labute approximate surface area is 113 Å². The fourth-order valence-electron chi connectivity index (χ4n) is 1.42. The van der Waals surface area contributed by atoms with Crippen LogP contribution in [0, 0.1) is 0 Å².